The predicted octanol–water partition coefficient (Wildman–Crippen LogP) is 5.46. The first-order valence-corrected chi connectivity index (χ1v) is 14.9. The first-order valence-electron chi connectivity index (χ1n) is 14.9. The summed E-state index contributed by atoms with van der Waals surface area (Å²) in [5.74, 6) is -0.286. The van der Waals surface area contributed by atoms with Gasteiger partial charge in [0.05, 0.1) is 25.9 Å². The van der Waals surface area contributed by atoms with Crippen LogP contribution in [0.4, 0.5) is 10.5 Å². The van der Waals surface area contributed by atoms with Crippen molar-refractivity contribution in [2.75, 3.05) is 44.9 Å². The summed E-state index contributed by atoms with van der Waals surface area (Å²) < 4.78 is 15.7. The van der Waals surface area contributed by atoms with Crippen molar-refractivity contribution >= 4 is 29.6 Å². The predicted molar refractivity (Wildman–Crippen MR) is 167 cm³/mol. The Morgan fingerprint density at radius 1 is 0.860 bits per heavy atom. The molecule has 0 aliphatic carbocycles. The van der Waals surface area contributed by atoms with Gasteiger partial charge in [0, 0.05) is 37.3 Å². The highest BCUT2D eigenvalue weighted by Gasteiger charge is 2.18. The molecule has 10 heteroatoms. The van der Waals surface area contributed by atoms with E-state index in [0.29, 0.717) is 48.7 Å². The topological polar surface area (TPSA) is 123 Å². The van der Waals surface area contributed by atoms with Gasteiger partial charge in [0.1, 0.15) is 5.60 Å². The van der Waals surface area contributed by atoms with Crippen LogP contribution in [0.2, 0.25) is 0 Å². The lowest BCUT2D eigenvalue weighted by atomic mass is 9.97. The van der Waals surface area contributed by atoms with E-state index < -0.39 is 17.7 Å². The first-order chi connectivity index (χ1) is 20.4. The second-order valence-corrected chi connectivity index (χ2v) is 11.3. The van der Waals surface area contributed by atoms with E-state index in [1.54, 1.807) is 49.9 Å². The Labute approximate surface area is 255 Å². The molecule has 0 bridgehead atoms. The van der Waals surface area contributed by atoms with Crippen molar-refractivity contribution in [2.24, 2.45) is 0 Å². The third-order valence-corrected chi connectivity index (χ3v) is 6.73. The summed E-state index contributed by atoms with van der Waals surface area (Å²) in [5, 5.41) is 5.56. The van der Waals surface area contributed by atoms with Gasteiger partial charge in [-0.1, -0.05) is 26.0 Å². The average Bonchev–Trinajstić information content (AvgIpc) is 2.98. The van der Waals surface area contributed by atoms with E-state index >= 15 is 0 Å². The molecule has 0 heterocycles. The number of amides is 3. The maximum absolute atomic E-state index is 13.2. The van der Waals surface area contributed by atoms with Gasteiger partial charge >= 0.3 is 12.1 Å². The highest BCUT2D eigenvalue weighted by molar-refractivity contribution is 5.95. The number of hydrogen-bond acceptors (Lipinski definition) is 7. The minimum atomic E-state index is -0.573. The molecular formula is C33H47N3O7. The van der Waals surface area contributed by atoms with E-state index in [-0.39, 0.29) is 38.0 Å². The largest absolute Gasteiger partial charge is 0.465 e. The number of carbonyl (C=O) groups excluding carboxylic acids is 4. The fourth-order valence-electron chi connectivity index (χ4n) is 4.13. The summed E-state index contributed by atoms with van der Waals surface area (Å²) in [6.45, 7) is 11.2. The van der Waals surface area contributed by atoms with Crippen LogP contribution in [-0.2, 0) is 19.0 Å². The smallest absolute Gasteiger partial charge is 0.407 e. The number of esters is 1. The van der Waals surface area contributed by atoms with Gasteiger partial charge in [-0.15, -0.1) is 0 Å². The van der Waals surface area contributed by atoms with Crippen LogP contribution in [-0.4, -0.2) is 69.4 Å². The number of nitrogens with one attached hydrogen (secondary N) is 2. The van der Waals surface area contributed by atoms with E-state index in [2.05, 4.69) is 24.5 Å². The van der Waals surface area contributed by atoms with Gasteiger partial charge in [0.2, 0.25) is 5.91 Å². The molecule has 2 rings (SSSR count). The van der Waals surface area contributed by atoms with Crippen LogP contribution in [0.1, 0.15) is 92.5 Å². The molecule has 43 heavy (non-hydrogen) atoms. The Balaban J connectivity index is 1.85. The summed E-state index contributed by atoms with van der Waals surface area (Å²) in [6, 6.07) is 14.2. The summed E-state index contributed by atoms with van der Waals surface area (Å²) in [5.41, 5.74) is 2.24. The van der Waals surface area contributed by atoms with Crippen LogP contribution in [0.3, 0.4) is 0 Å². The number of nitrogens with zero attached hydrogens (tertiary/aromatic N) is 1. The molecule has 0 aliphatic heterocycles. The molecule has 0 aliphatic rings. The summed E-state index contributed by atoms with van der Waals surface area (Å²) >= 11 is 0. The zero-order valence-electron chi connectivity index (χ0n) is 26.4. The number of methoxy groups -OCH3 is 1. The van der Waals surface area contributed by atoms with Crippen molar-refractivity contribution in [2.45, 2.75) is 71.8 Å². The highest BCUT2D eigenvalue weighted by atomic mass is 16.6. The molecule has 1 unspecified atom stereocenters. The first kappa shape index (κ1) is 35.3. The number of anilines is 1. The molecule has 2 N–H and O–H groups in total. The lowest BCUT2D eigenvalue weighted by molar-refractivity contribution is -0.118. The average molecular weight is 598 g/mol. The SMILES string of the molecule is CCC(C)c1ccc(C(=O)NCCOCCN(C(=O)CCCCNC(=O)OC(C)(C)C)c2ccc(C(=O)OC)cc2)cc1. The molecule has 2 aromatic rings. The normalized spacial score (nSPS) is 11.8. The third-order valence-electron chi connectivity index (χ3n) is 6.73. The van der Waals surface area contributed by atoms with E-state index in [4.69, 9.17) is 14.2 Å². The van der Waals surface area contributed by atoms with Gasteiger partial charge in [-0.25, -0.2) is 9.59 Å². The van der Waals surface area contributed by atoms with Gasteiger partial charge in [-0.3, -0.25) is 9.59 Å². The van der Waals surface area contributed by atoms with Crippen molar-refractivity contribution in [1.82, 2.24) is 10.6 Å². The standard InChI is InChI=1S/C33H47N3O7/c1-7-24(2)25-11-13-26(14-12-25)30(38)34-20-22-42-23-21-36(28-17-15-27(16-18-28)31(39)41-6)29(37)10-8-9-19-35-32(40)43-33(3,4)5/h11-18,24H,7-10,19-23H2,1-6H3,(H,34,38)(H,35,40). The van der Waals surface area contributed by atoms with Crippen molar-refractivity contribution in [1.29, 1.82) is 0 Å². The minimum absolute atomic E-state index is 0.110. The fraction of sp³-hybridized carbons (Fsp3) is 0.515. The molecule has 0 radical (unpaired) electrons. The van der Waals surface area contributed by atoms with Crippen molar-refractivity contribution in [3.05, 3.63) is 65.2 Å². The van der Waals surface area contributed by atoms with Gasteiger partial charge in [0.15, 0.2) is 0 Å². The van der Waals surface area contributed by atoms with Crippen molar-refractivity contribution < 1.29 is 33.4 Å². The molecule has 1 atom stereocenters. The maximum Gasteiger partial charge on any atom is 0.407 e. The zero-order valence-corrected chi connectivity index (χ0v) is 26.4. The number of rotatable bonds is 16. The monoisotopic (exact) mass is 597 g/mol. The molecule has 0 fully saturated rings. The minimum Gasteiger partial charge on any atom is -0.465 e. The maximum atomic E-state index is 13.2. The summed E-state index contributed by atoms with van der Waals surface area (Å²) in [7, 11) is 1.31. The highest BCUT2D eigenvalue weighted by Crippen LogP contribution is 2.19. The Morgan fingerprint density at radius 3 is 2.12 bits per heavy atom. The Hall–Kier alpha value is -3.92. The van der Waals surface area contributed by atoms with Gasteiger partial charge < -0.3 is 29.7 Å². The van der Waals surface area contributed by atoms with Gasteiger partial charge in [-0.2, -0.15) is 0 Å². The molecular weight excluding hydrogens is 550 g/mol. The van der Waals surface area contributed by atoms with E-state index in [0.717, 1.165) is 6.42 Å². The number of ether oxygens (including phenoxy) is 3. The molecule has 0 saturated heterocycles. The molecule has 0 aromatic heterocycles. The van der Waals surface area contributed by atoms with Crippen molar-refractivity contribution in [3.8, 4) is 0 Å². The second kappa shape index (κ2) is 17.9. The van der Waals surface area contributed by atoms with Gasteiger partial charge in [0.25, 0.3) is 5.91 Å². The van der Waals surface area contributed by atoms with Crippen molar-refractivity contribution in [3.63, 3.8) is 0 Å². The second-order valence-electron chi connectivity index (χ2n) is 11.3. The van der Waals surface area contributed by atoms with E-state index in [9.17, 15) is 19.2 Å². The van der Waals surface area contributed by atoms with Gasteiger partial charge in [-0.05, 0) is 87.9 Å². The van der Waals surface area contributed by atoms with Crippen LogP contribution < -0.4 is 15.5 Å². The molecule has 0 spiro atoms. The van der Waals surface area contributed by atoms with Crippen LogP contribution >= 0.6 is 0 Å². The van der Waals surface area contributed by atoms with Crippen LogP contribution in [0, 0.1) is 0 Å². The lowest BCUT2D eigenvalue weighted by Gasteiger charge is -2.23. The fourth-order valence-corrected chi connectivity index (χ4v) is 4.13. The van der Waals surface area contributed by atoms with E-state index in [1.807, 2.05) is 24.3 Å². The quantitative estimate of drug-likeness (QED) is 0.195. The molecule has 0 saturated carbocycles. The molecule has 2 aromatic carbocycles. The lowest BCUT2D eigenvalue weighted by Crippen LogP contribution is -2.35. The number of carbonyl (C=O) groups is 4. The van der Waals surface area contributed by atoms with Crippen LogP contribution in [0.25, 0.3) is 0 Å². The Morgan fingerprint density at radius 2 is 1.51 bits per heavy atom. The summed E-state index contributed by atoms with van der Waals surface area (Å²) in [4.78, 5) is 50.9. The molecule has 10 nitrogen and oxygen atoms in total. The third kappa shape index (κ3) is 12.9. The summed E-state index contributed by atoms with van der Waals surface area (Å²) in [6.07, 6.45) is 1.99. The van der Waals surface area contributed by atoms with Crippen LogP contribution in [0.15, 0.2) is 48.5 Å². The number of benzene rings is 2. The molecule has 236 valence electrons. The van der Waals surface area contributed by atoms with Crippen LogP contribution in [0.5, 0.6) is 0 Å². The number of hydrogen-bond donors (Lipinski definition) is 2. The number of unbranched alkanes of at least 4 members (excludes halogenated alkanes) is 1. The molecule has 3 amide bonds. The Kier molecular flexibility index (Phi) is 14.7. The Bertz CT molecular complexity index is 1170. The van der Waals surface area contributed by atoms with E-state index in [1.165, 1.54) is 12.7 Å². The zero-order chi connectivity index (χ0) is 31.8. The number of alkyl carbamates (subject to hydrolysis) is 1.